The van der Waals surface area contributed by atoms with E-state index in [1.807, 2.05) is 59.9 Å². The van der Waals surface area contributed by atoms with E-state index >= 15 is 0 Å². The zero-order chi connectivity index (χ0) is 31.9. The number of hydrogen-bond acceptors (Lipinski definition) is 6. The molecule has 0 amide bonds. The van der Waals surface area contributed by atoms with E-state index in [1.165, 1.54) is 92.7 Å². The summed E-state index contributed by atoms with van der Waals surface area (Å²) in [6, 6.07) is 4.34. The lowest BCUT2D eigenvalue weighted by Crippen LogP contribution is -2.35. The summed E-state index contributed by atoms with van der Waals surface area (Å²) in [6.45, 7) is 20.4. The highest BCUT2D eigenvalue weighted by Gasteiger charge is 2.28. The van der Waals surface area contributed by atoms with E-state index in [0.29, 0.717) is 0 Å². The molecule has 0 aliphatic carbocycles. The molecule has 0 bridgehead atoms. The average Bonchev–Trinajstić information content (AvgIpc) is 3.10. The summed E-state index contributed by atoms with van der Waals surface area (Å²) in [5, 5.41) is 15.4. The molecular formula is C37H62N6. The van der Waals surface area contributed by atoms with Gasteiger partial charge in [0.25, 0.3) is 0 Å². The van der Waals surface area contributed by atoms with Crippen LogP contribution in [-0.2, 0) is 0 Å². The van der Waals surface area contributed by atoms with Gasteiger partial charge in [0.15, 0.2) is 0 Å². The van der Waals surface area contributed by atoms with Gasteiger partial charge in [-0.15, -0.1) is 0 Å². The van der Waals surface area contributed by atoms with Gasteiger partial charge in [-0.25, -0.2) is 4.98 Å². The first-order valence-electron chi connectivity index (χ1n) is 17.2. The van der Waals surface area contributed by atoms with E-state index in [0.717, 1.165) is 50.7 Å². The zero-order valence-corrected chi connectivity index (χ0v) is 28.6. The summed E-state index contributed by atoms with van der Waals surface area (Å²) in [7, 11) is 0. The van der Waals surface area contributed by atoms with Gasteiger partial charge in [0.05, 0.1) is 5.70 Å². The summed E-state index contributed by atoms with van der Waals surface area (Å²) in [5.41, 5.74) is 6.01. The molecule has 43 heavy (non-hydrogen) atoms. The number of rotatable bonds is 9. The van der Waals surface area contributed by atoms with Gasteiger partial charge in [-0.05, 0) is 101 Å². The molecule has 0 radical (unpaired) electrons. The SMILES string of the molecule is CC.CC.CC.CC(/C=C\C=N)=C(C(/C=C\C=N)=C(/c1cccnc1N1CCCCC1)N1CCCCC1)\N1CCCCC1. The number of anilines is 1. The number of allylic oxidation sites excluding steroid dienone is 5. The van der Waals surface area contributed by atoms with Crippen molar-refractivity contribution in [2.75, 3.05) is 44.2 Å². The third-order valence-corrected chi connectivity index (χ3v) is 7.73. The predicted octanol–water partition coefficient (Wildman–Crippen LogP) is 9.52. The van der Waals surface area contributed by atoms with Crippen LogP contribution in [0.25, 0.3) is 5.70 Å². The van der Waals surface area contributed by atoms with Crippen molar-refractivity contribution in [1.29, 1.82) is 10.8 Å². The molecule has 3 saturated heterocycles. The molecule has 3 aliphatic heterocycles. The van der Waals surface area contributed by atoms with E-state index in [9.17, 15) is 0 Å². The lowest BCUT2D eigenvalue weighted by Gasteiger charge is -2.39. The maximum absolute atomic E-state index is 7.85. The molecule has 0 spiro atoms. The quantitative estimate of drug-likeness (QED) is 0.222. The molecule has 4 heterocycles. The van der Waals surface area contributed by atoms with Crippen LogP contribution in [0.4, 0.5) is 5.82 Å². The third kappa shape index (κ3) is 11.5. The molecular weight excluding hydrogens is 528 g/mol. The largest absolute Gasteiger partial charge is 0.371 e. The smallest absolute Gasteiger partial charge is 0.137 e. The fourth-order valence-corrected chi connectivity index (χ4v) is 5.98. The molecule has 0 aromatic carbocycles. The third-order valence-electron chi connectivity index (χ3n) is 7.73. The molecule has 6 nitrogen and oxygen atoms in total. The van der Waals surface area contributed by atoms with Gasteiger partial charge in [-0.1, -0.05) is 47.6 Å². The highest BCUT2D eigenvalue weighted by Crippen LogP contribution is 2.38. The maximum atomic E-state index is 7.85. The Hall–Kier alpha value is -3.15. The van der Waals surface area contributed by atoms with Crippen molar-refractivity contribution in [3.8, 4) is 0 Å². The monoisotopic (exact) mass is 591 g/mol. The summed E-state index contributed by atoms with van der Waals surface area (Å²) < 4.78 is 0. The number of pyridine rings is 1. The Labute approximate surface area is 264 Å². The van der Waals surface area contributed by atoms with Crippen molar-refractivity contribution in [2.24, 2.45) is 0 Å². The maximum Gasteiger partial charge on any atom is 0.137 e. The van der Waals surface area contributed by atoms with E-state index in [2.05, 4.69) is 45.9 Å². The standard InChI is InChI=1S/C31H44N6.3C2H6/c1-26(14-11-17-32)29(35-20-5-2-6-21-35)27(15-12-18-33)30(36-22-7-3-8-23-36)28-16-13-19-34-31(28)37-24-9-4-10-25-37;3*1-2/h11-19,32-33H,2-10,20-25H2,1H3;3*1-2H3/b14-11-,15-12-,29-26+,30-27-,32-17?,33-18?;;;. The Morgan fingerprint density at radius 2 is 1.16 bits per heavy atom. The number of aromatic nitrogens is 1. The van der Waals surface area contributed by atoms with Crippen molar-refractivity contribution in [3.05, 3.63) is 65.0 Å². The van der Waals surface area contributed by atoms with Crippen LogP contribution >= 0.6 is 0 Å². The van der Waals surface area contributed by atoms with Crippen molar-refractivity contribution < 1.29 is 0 Å². The van der Waals surface area contributed by atoms with Crippen molar-refractivity contribution in [3.63, 3.8) is 0 Å². The molecule has 6 heteroatoms. The second-order valence-corrected chi connectivity index (χ2v) is 10.4. The molecule has 0 atom stereocenters. The molecule has 0 unspecified atom stereocenters. The number of piperidine rings is 3. The number of hydrogen-bond donors (Lipinski definition) is 2. The summed E-state index contributed by atoms with van der Waals surface area (Å²) >= 11 is 0. The minimum atomic E-state index is 1.03. The van der Waals surface area contributed by atoms with Gasteiger partial charge >= 0.3 is 0 Å². The van der Waals surface area contributed by atoms with Crippen LogP contribution in [0.5, 0.6) is 0 Å². The van der Waals surface area contributed by atoms with Crippen LogP contribution < -0.4 is 4.90 Å². The summed E-state index contributed by atoms with van der Waals surface area (Å²) in [5.74, 6) is 1.09. The summed E-state index contributed by atoms with van der Waals surface area (Å²) in [4.78, 5) is 12.6. The van der Waals surface area contributed by atoms with Crippen molar-refractivity contribution in [1.82, 2.24) is 14.8 Å². The predicted molar refractivity (Wildman–Crippen MR) is 191 cm³/mol. The second-order valence-electron chi connectivity index (χ2n) is 10.4. The van der Waals surface area contributed by atoms with Crippen LogP contribution in [0.15, 0.2) is 59.5 Å². The molecule has 4 rings (SSSR count). The van der Waals surface area contributed by atoms with Gasteiger partial charge < -0.3 is 25.5 Å². The number of nitrogens with one attached hydrogen (secondary N) is 2. The van der Waals surface area contributed by atoms with Crippen LogP contribution in [0.1, 0.15) is 112 Å². The van der Waals surface area contributed by atoms with Gasteiger partial charge in [0.1, 0.15) is 5.82 Å². The Morgan fingerprint density at radius 1 is 0.674 bits per heavy atom. The van der Waals surface area contributed by atoms with Crippen LogP contribution in [0.3, 0.4) is 0 Å². The van der Waals surface area contributed by atoms with Crippen LogP contribution in [-0.4, -0.2) is 66.5 Å². The van der Waals surface area contributed by atoms with Crippen molar-refractivity contribution in [2.45, 2.75) is 106 Å². The van der Waals surface area contributed by atoms with Crippen molar-refractivity contribution >= 4 is 23.9 Å². The molecule has 0 saturated carbocycles. The minimum absolute atomic E-state index is 1.03. The second kappa shape index (κ2) is 23.3. The number of likely N-dealkylation sites (tertiary alicyclic amines) is 2. The summed E-state index contributed by atoms with van der Waals surface area (Å²) in [6.07, 6.45) is 23.6. The van der Waals surface area contributed by atoms with E-state index in [4.69, 9.17) is 15.8 Å². The van der Waals surface area contributed by atoms with Gasteiger partial charge in [-0.2, -0.15) is 0 Å². The Bertz CT molecular complexity index is 1030. The molecule has 3 fully saturated rings. The fraction of sp³-hybridized carbons (Fsp3) is 0.595. The normalized spacial score (nSPS) is 18.3. The van der Waals surface area contributed by atoms with Crippen LogP contribution in [0, 0.1) is 10.8 Å². The Balaban J connectivity index is 0.00000145. The van der Waals surface area contributed by atoms with E-state index in [-0.39, 0.29) is 0 Å². The number of nitrogens with zero attached hydrogens (tertiary/aromatic N) is 4. The Morgan fingerprint density at radius 3 is 1.70 bits per heavy atom. The molecule has 1 aromatic heterocycles. The highest BCUT2D eigenvalue weighted by atomic mass is 15.2. The van der Waals surface area contributed by atoms with Crippen LogP contribution in [0.2, 0.25) is 0 Å². The van der Waals surface area contributed by atoms with E-state index in [1.54, 1.807) is 0 Å². The minimum Gasteiger partial charge on any atom is -0.371 e. The lowest BCUT2D eigenvalue weighted by atomic mass is 9.94. The fourth-order valence-electron chi connectivity index (χ4n) is 5.98. The van der Waals surface area contributed by atoms with Gasteiger partial charge in [0.2, 0.25) is 0 Å². The first-order valence-corrected chi connectivity index (χ1v) is 17.2. The first kappa shape index (κ1) is 37.9. The Kier molecular flexibility index (Phi) is 20.5. The average molecular weight is 591 g/mol. The lowest BCUT2D eigenvalue weighted by molar-refractivity contribution is 0.286. The van der Waals surface area contributed by atoms with E-state index < -0.39 is 0 Å². The molecule has 1 aromatic rings. The van der Waals surface area contributed by atoms with Gasteiger partial charge in [-0.3, -0.25) is 0 Å². The molecule has 240 valence electrons. The highest BCUT2D eigenvalue weighted by molar-refractivity contribution is 5.82. The molecule has 3 aliphatic rings. The molecule has 2 N–H and O–H groups in total. The van der Waals surface area contributed by atoms with Gasteiger partial charge in [0, 0.05) is 74.7 Å². The first-order chi connectivity index (χ1) is 21.2. The zero-order valence-electron chi connectivity index (χ0n) is 28.6. The topological polar surface area (TPSA) is 70.3 Å².